The van der Waals surface area contributed by atoms with Crippen molar-refractivity contribution >= 4 is 108 Å². The van der Waals surface area contributed by atoms with Gasteiger partial charge >= 0.3 is 0 Å². The molecule has 0 atom stereocenters. The third-order valence-electron chi connectivity index (χ3n) is 26.0. The quantitative estimate of drug-likeness (QED) is 0.0706. The smallest absolute Gasteiger partial charge is 0.252 e. The first-order valence-corrected chi connectivity index (χ1v) is 46.0. The minimum Gasteiger partial charge on any atom is -0.310 e. The Labute approximate surface area is 757 Å². The number of para-hydroxylation sites is 1. The summed E-state index contributed by atoms with van der Waals surface area (Å²) < 4.78 is 72.4. The third kappa shape index (κ3) is 13.8. The fourth-order valence-electron chi connectivity index (χ4n) is 19.8. The molecule has 0 unspecified atom stereocenters. The summed E-state index contributed by atoms with van der Waals surface area (Å²) in [7, 11) is -3.02. The number of hydrogen-bond acceptors (Lipinski definition) is 2. The summed E-state index contributed by atoms with van der Waals surface area (Å²) in [6.07, 6.45) is 0. The van der Waals surface area contributed by atoms with Crippen LogP contribution in [0.5, 0.6) is 0 Å². The molecule has 604 valence electrons. The van der Waals surface area contributed by atoms with Crippen molar-refractivity contribution in [3.05, 3.63) is 472 Å². The van der Waals surface area contributed by atoms with Crippen molar-refractivity contribution in [3.8, 4) is 106 Å². The van der Waals surface area contributed by atoms with Crippen molar-refractivity contribution in [2.24, 2.45) is 0 Å². The maximum atomic E-state index is 10.5. The normalized spacial score (nSPS) is 13.2. The van der Waals surface area contributed by atoms with Crippen molar-refractivity contribution in [1.82, 2.24) is 4.57 Å². The largest absolute Gasteiger partial charge is 0.310 e. The van der Waals surface area contributed by atoms with Crippen LogP contribution >= 0.6 is 0 Å². The summed E-state index contributed by atoms with van der Waals surface area (Å²) >= 11 is 0. The standard InChI is InChI=1S/C122H94BN3Si/c1-121(2,3)97-71-93(72-98(81-97)122(4,5)6)96-79-116-118-117(80-96)126(120-107(89-49-27-12-28-50-89)76-95(85-43-21-9-22-44-85)77-108(120)90-51-29-13-30-52-90)115-82-99(124-112-60-38-37-59-104(112)109-73-91(63-69-113(109)124)83-39-17-7-18-40-83)65-68-110(115)123(118)111-78-92(86-61-66-103(67-62-86)127(100-53-31-14-32-54-100,101-55-33-15-34-56-101)102-57-35-16-36-58-102)64-70-114(111)125(116)119-105(87-45-23-10-24-46-87)74-94(84-41-19-8-20-42-84)75-106(119)88-47-25-11-26-48-88/h7-82H,1-6H3/i37D,38D,59D,60D,63D,69D,73D. The number of rotatable bonds is 16. The van der Waals surface area contributed by atoms with Gasteiger partial charge in [0.25, 0.3) is 6.71 Å². The molecule has 0 aliphatic carbocycles. The highest BCUT2D eigenvalue weighted by Gasteiger charge is 2.47. The van der Waals surface area contributed by atoms with E-state index in [0.717, 1.165) is 140 Å². The van der Waals surface area contributed by atoms with Gasteiger partial charge in [-0.05, 0) is 210 Å². The molecule has 0 saturated carbocycles. The molecule has 19 aromatic carbocycles. The minimum absolute atomic E-state index is 0.0905. The molecule has 22 rings (SSSR count). The van der Waals surface area contributed by atoms with Gasteiger partial charge in [0.2, 0.25) is 0 Å². The maximum Gasteiger partial charge on any atom is 0.252 e. The summed E-state index contributed by atoms with van der Waals surface area (Å²) in [5.41, 5.74) is 27.7. The van der Waals surface area contributed by atoms with E-state index in [2.05, 4.69) is 440 Å². The SMILES string of the molecule is [2H]c1c([2H])c([2H])c2c(c1[2H])c1c([2H])c(-c3ccccc3)c([2H])c([2H])c1n2-c1ccc2c(c1)N(c1c(-c3ccccc3)cc(-c3ccccc3)cc1-c1ccccc1)c1cc(-c3cc(C(C)(C)C)cc(C(C)(C)C)c3)cc3c1B2c1cc(-c2ccc([Si](c4ccccc4)(c4ccccc4)c4ccccc4)cc2)ccc1N3c1c(-c2ccccc2)cc(-c2ccccc2)cc1-c1ccccc1. The van der Waals surface area contributed by atoms with Crippen LogP contribution in [-0.2, 0) is 10.8 Å². The highest BCUT2D eigenvalue weighted by atomic mass is 28.3. The van der Waals surface area contributed by atoms with Crippen LogP contribution in [0.15, 0.2) is 461 Å². The van der Waals surface area contributed by atoms with Gasteiger partial charge in [0.1, 0.15) is 0 Å². The first-order chi connectivity index (χ1) is 65.2. The molecular weight excluding hydrogens is 1550 g/mol. The zero-order valence-electron chi connectivity index (χ0n) is 78.8. The molecule has 1 aromatic heterocycles. The lowest BCUT2D eigenvalue weighted by atomic mass is 9.33. The topological polar surface area (TPSA) is 11.4 Å². The number of hydrogen-bond donors (Lipinski definition) is 0. The van der Waals surface area contributed by atoms with Gasteiger partial charge in [-0.2, -0.15) is 0 Å². The summed E-state index contributed by atoms with van der Waals surface area (Å²) in [5, 5.41) is 5.33. The van der Waals surface area contributed by atoms with E-state index >= 15 is 0 Å². The van der Waals surface area contributed by atoms with E-state index in [-0.39, 0.29) is 68.4 Å². The van der Waals surface area contributed by atoms with Crippen molar-refractivity contribution in [2.45, 2.75) is 52.4 Å². The Bertz CT molecular complexity index is 7730. The molecule has 3 nitrogen and oxygen atoms in total. The van der Waals surface area contributed by atoms with Crippen molar-refractivity contribution in [1.29, 1.82) is 0 Å². The molecule has 0 spiro atoms. The van der Waals surface area contributed by atoms with Crippen LogP contribution in [0.25, 0.3) is 128 Å². The lowest BCUT2D eigenvalue weighted by molar-refractivity contribution is 0.569. The zero-order chi connectivity index (χ0) is 91.6. The van der Waals surface area contributed by atoms with Crippen LogP contribution in [0.4, 0.5) is 34.1 Å². The number of anilines is 6. The number of nitrogens with zero attached hydrogens (tertiary/aromatic N) is 3. The molecule has 127 heavy (non-hydrogen) atoms. The molecular formula is C122H94BN3Si. The second-order valence-corrected chi connectivity index (χ2v) is 39.5. The number of benzene rings is 19. The Kier molecular flexibility index (Phi) is 17.6. The van der Waals surface area contributed by atoms with Gasteiger partial charge in [0.05, 0.1) is 32.0 Å². The van der Waals surface area contributed by atoms with Gasteiger partial charge < -0.3 is 14.4 Å². The fraction of sp³-hybridized carbons (Fsp3) is 0.0656. The van der Waals surface area contributed by atoms with E-state index in [1.54, 1.807) is 4.57 Å². The van der Waals surface area contributed by atoms with Crippen LogP contribution in [0, 0.1) is 0 Å². The first kappa shape index (κ1) is 70.3. The molecule has 3 heterocycles. The fourth-order valence-corrected chi connectivity index (χ4v) is 24.6. The lowest BCUT2D eigenvalue weighted by Crippen LogP contribution is -2.74. The van der Waals surface area contributed by atoms with Crippen LogP contribution in [-0.4, -0.2) is 19.4 Å². The van der Waals surface area contributed by atoms with Gasteiger partial charge in [-0.25, -0.2) is 0 Å². The van der Waals surface area contributed by atoms with E-state index in [1.807, 2.05) is 30.3 Å². The molecule has 0 fully saturated rings. The van der Waals surface area contributed by atoms with E-state index in [9.17, 15) is 9.60 Å². The molecule has 0 bridgehead atoms. The Hall–Kier alpha value is -15.1. The molecule has 5 heteroatoms. The van der Waals surface area contributed by atoms with E-state index < -0.39 is 26.9 Å². The predicted octanol–water partition coefficient (Wildman–Crippen LogP) is 27.8. The molecule has 0 saturated heterocycles. The molecule has 0 radical (unpaired) electrons. The highest BCUT2D eigenvalue weighted by Crippen LogP contribution is 2.56. The molecule has 2 aliphatic rings. The predicted molar refractivity (Wildman–Crippen MR) is 545 cm³/mol. The average Bonchev–Trinajstić information content (AvgIpc) is 1.07. The Morgan fingerprint density at radius 2 is 0.606 bits per heavy atom. The lowest BCUT2D eigenvalue weighted by Gasteiger charge is -2.46. The monoisotopic (exact) mass is 1650 g/mol. The van der Waals surface area contributed by atoms with Crippen molar-refractivity contribution in [3.63, 3.8) is 0 Å². The first-order valence-electron chi connectivity index (χ1n) is 47.5. The van der Waals surface area contributed by atoms with E-state index in [1.165, 1.54) is 31.9 Å². The molecule has 0 N–H and O–H groups in total. The zero-order valence-corrected chi connectivity index (χ0v) is 72.8. The molecule has 0 amide bonds. The van der Waals surface area contributed by atoms with Gasteiger partial charge in [0.15, 0.2) is 8.07 Å². The van der Waals surface area contributed by atoms with Crippen LogP contribution in [0.1, 0.15) is 62.3 Å². The Morgan fingerprint density at radius 3 is 1.04 bits per heavy atom. The van der Waals surface area contributed by atoms with Crippen LogP contribution in [0.3, 0.4) is 0 Å². The second-order valence-electron chi connectivity index (χ2n) is 35.7. The summed E-state index contributed by atoms with van der Waals surface area (Å²) in [4.78, 5) is 5.13. The Balaban J connectivity index is 0.928. The third-order valence-corrected chi connectivity index (χ3v) is 30.8. The minimum atomic E-state index is -3.02. The number of aromatic nitrogens is 1. The van der Waals surface area contributed by atoms with Crippen molar-refractivity contribution < 1.29 is 9.60 Å². The maximum absolute atomic E-state index is 10.5. The summed E-state index contributed by atoms with van der Waals surface area (Å²) in [5.74, 6) is 0. The molecule has 20 aromatic rings. The van der Waals surface area contributed by atoms with E-state index in [4.69, 9.17) is 0 Å². The van der Waals surface area contributed by atoms with Crippen LogP contribution < -0.4 is 46.9 Å². The number of fused-ring (bicyclic) bond motifs is 7. The Morgan fingerprint density at radius 1 is 0.252 bits per heavy atom. The summed E-state index contributed by atoms with van der Waals surface area (Å²) in [6.45, 7) is 13.2. The van der Waals surface area contributed by atoms with Gasteiger partial charge in [0, 0.05) is 61.5 Å². The van der Waals surface area contributed by atoms with Gasteiger partial charge in [-0.15, -0.1) is 0 Å². The van der Waals surface area contributed by atoms with Crippen LogP contribution in [0.2, 0.25) is 0 Å². The van der Waals surface area contributed by atoms with Gasteiger partial charge in [-0.3, -0.25) is 0 Å². The van der Waals surface area contributed by atoms with Gasteiger partial charge in [-0.1, -0.05) is 430 Å². The average molecular weight is 1650 g/mol. The highest BCUT2D eigenvalue weighted by molar-refractivity contribution is 7.20. The molecule has 2 aliphatic heterocycles. The van der Waals surface area contributed by atoms with Crippen molar-refractivity contribution in [2.75, 3.05) is 9.80 Å². The summed E-state index contributed by atoms with van der Waals surface area (Å²) in [6, 6.07) is 150. The second kappa shape index (κ2) is 31.9. The van der Waals surface area contributed by atoms with E-state index in [0.29, 0.717) is 11.3 Å².